The van der Waals surface area contributed by atoms with E-state index in [0.717, 1.165) is 18.2 Å². The van der Waals surface area contributed by atoms with Crippen molar-refractivity contribution in [2.45, 2.75) is 14.7 Å². The van der Waals surface area contributed by atoms with E-state index in [0.29, 0.717) is 11.0 Å². The van der Waals surface area contributed by atoms with E-state index in [1.807, 2.05) is 0 Å². The summed E-state index contributed by atoms with van der Waals surface area (Å²) in [5.41, 5.74) is 1.44. The Labute approximate surface area is 216 Å². The fraction of sp³-hybridized carbons (Fsp3) is 0. The maximum atomic E-state index is 11.9. The maximum Gasteiger partial charge on any atom is 0.294 e. The summed E-state index contributed by atoms with van der Waals surface area (Å²) in [7, 11) is -13.8. The number of benzene rings is 3. The second-order valence-corrected chi connectivity index (χ2v) is 12.9. The van der Waals surface area contributed by atoms with Gasteiger partial charge in [-0.05, 0) is 54.6 Å². The number of hydrogen-bond acceptors (Lipinski definition) is 9. The lowest BCUT2D eigenvalue weighted by Crippen LogP contribution is -2.05. The Morgan fingerprint density at radius 2 is 0.821 bits per heavy atom. The van der Waals surface area contributed by atoms with Crippen molar-refractivity contribution in [1.29, 1.82) is 0 Å². The van der Waals surface area contributed by atoms with Crippen LogP contribution in [-0.2, 0) is 30.4 Å². The van der Waals surface area contributed by atoms with Crippen LogP contribution in [0.2, 0.25) is 0 Å². The summed E-state index contributed by atoms with van der Waals surface area (Å²) in [5, 5.41) is 0. The maximum absolute atomic E-state index is 11.9. The summed E-state index contributed by atoms with van der Waals surface area (Å²) < 4.78 is 104. The fourth-order valence-corrected chi connectivity index (χ4v) is 6.16. The lowest BCUT2D eigenvalue weighted by molar-refractivity contribution is 0.481. The van der Waals surface area contributed by atoms with Crippen LogP contribution in [0.5, 0.6) is 0 Å². The minimum Gasteiger partial charge on any atom is -0.282 e. The third-order valence-corrected chi connectivity index (χ3v) is 8.87. The molecule has 0 saturated carbocycles. The monoisotopic (exact) mass is 588 g/mol. The predicted molar refractivity (Wildman–Crippen MR) is 135 cm³/mol. The first-order chi connectivity index (χ1) is 18.2. The summed E-state index contributed by atoms with van der Waals surface area (Å²) >= 11 is 0. The van der Waals surface area contributed by atoms with Gasteiger partial charge in [0.2, 0.25) is 17.3 Å². The second-order valence-electron chi connectivity index (χ2n) is 8.62. The van der Waals surface area contributed by atoms with Crippen molar-refractivity contribution < 1.29 is 38.9 Å². The number of imidazole rings is 3. The number of aromatic nitrogens is 6. The zero-order valence-electron chi connectivity index (χ0n) is 18.9. The SMILES string of the molecule is O=S(=O)(O)c1ccc2c(c1)nc1n2c2nc3ccc(S(=O)(=O)O)cc3n2c2nc3ccc(S(=O)(=O)O)cc3n12. The lowest BCUT2D eigenvalue weighted by atomic mass is 10.3. The van der Waals surface area contributed by atoms with Gasteiger partial charge in [-0.3, -0.25) is 13.7 Å². The quantitative estimate of drug-likeness (QED) is 0.252. The largest absolute Gasteiger partial charge is 0.294 e. The van der Waals surface area contributed by atoms with Crippen molar-refractivity contribution in [2.24, 2.45) is 0 Å². The van der Waals surface area contributed by atoms with Gasteiger partial charge in [-0.15, -0.1) is 0 Å². The van der Waals surface area contributed by atoms with Gasteiger partial charge in [0.25, 0.3) is 30.4 Å². The molecule has 0 spiro atoms. The number of rotatable bonds is 3. The Morgan fingerprint density at radius 1 is 0.462 bits per heavy atom. The van der Waals surface area contributed by atoms with Crippen LogP contribution in [0.3, 0.4) is 0 Å². The van der Waals surface area contributed by atoms with Gasteiger partial charge in [-0.1, -0.05) is 0 Å². The van der Waals surface area contributed by atoms with Crippen molar-refractivity contribution in [3.8, 4) is 0 Å². The van der Waals surface area contributed by atoms with Crippen LogP contribution in [-0.4, -0.2) is 67.1 Å². The smallest absolute Gasteiger partial charge is 0.282 e. The van der Waals surface area contributed by atoms with Crippen molar-refractivity contribution in [1.82, 2.24) is 28.2 Å². The van der Waals surface area contributed by atoms with Gasteiger partial charge in [0.15, 0.2) is 0 Å². The van der Waals surface area contributed by atoms with Crippen LogP contribution in [0, 0.1) is 0 Å². The van der Waals surface area contributed by atoms with Crippen molar-refractivity contribution in [3.63, 3.8) is 0 Å². The molecule has 0 radical (unpaired) electrons. The van der Waals surface area contributed by atoms with Crippen LogP contribution in [0.25, 0.3) is 50.4 Å². The Balaban J connectivity index is 1.78. The summed E-state index contributed by atoms with van der Waals surface area (Å²) in [6, 6.07) is 11.1. The first-order valence-electron chi connectivity index (χ1n) is 10.7. The summed E-state index contributed by atoms with van der Waals surface area (Å²) in [6.07, 6.45) is 0. The zero-order chi connectivity index (χ0) is 27.6. The molecule has 0 atom stereocenters. The van der Waals surface area contributed by atoms with E-state index in [4.69, 9.17) is 0 Å². The van der Waals surface area contributed by atoms with E-state index in [1.165, 1.54) is 49.6 Å². The topological polar surface area (TPSA) is 215 Å². The molecule has 7 aromatic rings. The van der Waals surface area contributed by atoms with E-state index in [9.17, 15) is 38.9 Å². The standard InChI is InChI=1S/C21H12N6O9S3/c28-37(29,30)10-3-6-16-15(7-10)24-21-25(16)19-22-13-4-1-11(38(31,32)33)8-17(13)26(19)20-23-14-5-2-12(39(34,35)36)9-18(14)27(20)21/h1-9H,(H,28,29,30)(H,31,32,33)(H,34,35,36). The summed E-state index contributed by atoms with van der Waals surface area (Å²) in [5.74, 6) is 0.396. The van der Waals surface area contributed by atoms with Crippen molar-refractivity contribution in [3.05, 3.63) is 54.6 Å². The van der Waals surface area contributed by atoms with E-state index < -0.39 is 45.0 Å². The van der Waals surface area contributed by atoms with E-state index in [-0.39, 0.29) is 39.4 Å². The number of nitrogens with zero attached hydrogens (tertiary/aromatic N) is 6. The van der Waals surface area contributed by atoms with Crippen LogP contribution in [0.4, 0.5) is 0 Å². The molecule has 0 aliphatic heterocycles. The average molecular weight is 589 g/mol. The molecule has 198 valence electrons. The van der Waals surface area contributed by atoms with Gasteiger partial charge in [-0.2, -0.15) is 25.3 Å². The third kappa shape index (κ3) is 3.36. The Hall–Kier alpha value is -4.20. The highest BCUT2D eigenvalue weighted by Gasteiger charge is 2.24. The zero-order valence-corrected chi connectivity index (χ0v) is 21.3. The molecular weight excluding hydrogens is 576 g/mol. The fourth-order valence-electron chi connectivity index (χ4n) is 4.65. The molecular formula is C21H12N6O9S3. The van der Waals surface area contributed by atoms with Gasteiger partial charge in [-0.25, -0.2) is 28.2 Å². The molecule has 0 unspecified atom stereocenters. The molecule has 0 aliphatic carbocycles. The summed E-state index contributed by atoms with van der Waals surface area (Å²) in [4.78, 5) is 12.4. The van der Waals surface area contributed by atoms with Crippen LogP contribution < -0.4 is 0 Å². The minimum absolute atomic E-state index is 0.111. The molecule has 18 heteroatoms. The van der Waals surface area contributed by atoms with Crippen molar-refractivity contribution >= 4 is 80.8 Å². The number of fused-ring (bicyclic) bond motifs is 12. The molecule has 0 fully saturated rings. The molecule has 4 heterocycles. The molecule has 0 amide bonds. The van der Waals surface area contributed by atoms with Gasteiger partial charge in [0, 0.05) is 0 Å². The highest BCUT2D eigenvalue weighted by atomic mass is 32.2. The first kappa shape index (κ1) is 23.9. The Kier molecular flexibility index (Phi) is 4.44. The van der Waals surface area contributed by atoms with E-state index in [1.54, 1.807) is 0 Å². The van der Waals surface area contributed by atoms with Crippen LogP contribution in [0.1, 0.15) is 0 Å². The Morgan fingerprint density at radius 3 is 1.26 bits per heavy atom. The van der Waals surface area contributed by atoms with Gasteiger partial charge < -0.3 is 0 Å². The molecule has 3 N–H and O–H groups in total. The van der Waals surface area contributed by atoms with Crippen molar-refractivity contribution in [2.75, 3.05) is 0 Å². The van der Waals surface area contributed by atoms with Gasteiger partial charge >= 0.3 is 0 Å². The molecule has 0 saturated heterocycles. The highest BCUT2D eigenvalue weighted by Crippen LogP contribution is 2.31. The van der Waals surface area contributed by atoms with E-state index in [2.05, 4.69) is 15.0 Å². The molecule has 0 bridgehead atoms. The third-order valence-electron chi connectivity index (χ3n) is 6.32. The summed E-state index contributed by atoms with van der Waals surface area (Å²) in [6.45, 7) is 0. The molecule has 4 aromatic heterocycles. The normalized spacial score (nSPS) is 13.6. The van der Waals surface area contributed by atoms with Gasteiger partial charge in [0.1, 0.15) is 0 Å². The molecule has 39 heavy (non-hydrogen) atoms. The lowest BCUT2D eigenvalue weighted by Gasteiger charge is -2.06. The van der Waals surface area contributed by atoms with Crippen LogP contribution >= 0.6 is 0 Å². The van der Waals surface area contributed by atoms with Crippen LogP contribution in [0.15, 0.2) is 69.3 Å². The average Bonchev–Trinajstić information content (AvgIpc) is 3.51. The number of hydrogen-bond donors (Lipinski definition) is 3. The molecule has 15 nitrogen and oxygen atoms in total. The first-order valence-corrected chi connectivity index (χ1v) is 15.0. The second kappa shape index (κ2) is 7.25. The Bertz CT molecular complexity index is 2580. The minimum atomic E-state index is -4.61. The highest BCUT2D eigenvalue weighted by molar-refractivity contribution is 7.86. The van der Waals surface area contributed by atoms with E-state index >= 15 is 0 Å². The van der Waals surface area contributed by atoms with Gasteiger partial charge in [0.05, 0.1) is 47.8 Å². The molecule has 0 aliphatic rings. The molecule has 7 rings (SSSR count). The predicted octanol–water partition coefficient (Wildman–Crippen LogP) is 1.83. The molecule has 3 aromatic carbocycles.